The van der Waals surface area contributed by atoms with E-state index in [1.807, 2.05) is 0 Å². The van der Waals surface area contributed by atoms with Crippen LogP contribution in [0.1, 0.15) is 46.5 Å². The maximum Gasteiger partial charge on any atom is 0.0649 e. The molecule has 0 saturated heterocycles. The van der Waals surface area contributed by atoms with E-state index in [-0.39, 0.29) is 0 Å². The molecule has 0 aliphatic heterocycles. The summed E-state index contributed by atoms with van der Waals surface area (Å²) in [7, 11) is 0. The third-order valence-corrected chi connectivity index (χ3v) is 2.87. The lowest BCUT2D eigenvalue weighted by molar-refractivity contribution is 0.158. The molecule has 94 valence electrons. The SMILES string of the molecule is CC(C)=CCC/C(C)=C/COCCCCBr. The van der Waals surface area contributed by atoms with E-state index >= 15 is 0 Å². The summed E-state index contributed by atoms with van der Waals surface area (Å²) in [5, 5.41) is 1.08. The van der Waals surface area contributed by atoms with Crippen LogP contribution in [0, 0.1) is 0 Å². The van der Waals surface area contributed by atoms with Gasteiger partial charge in [-0.2, -0.15) is 0 Å². The Bertz CT molecular complexity index is 215. The highest BCUT2D eigenvalue weighted by atomic mass is 79.9. The molecule has 0 amide bonds. The van der Waals surface area contributed by atoms with E-state index in [0.29, 0.717) is 0 Å². The fourth-order valence-corrected chi connectivity index (χ4v) is 1.67. The highest BCUT2D eigenvalue weighted by Gasteiger charge is 1.90. The monoisotopic (exact) mass is 288 g/mol. The first-order valence-electron chi connectivity index (χ1n) is 6.09. The van der Waals surface area contributed by atoms with Crippen LogP contribution in [0.5, 0.6) is 0 Å². The van der Waals surface area contributed by atoms with Crippen molar-refractivity contribution in [3.63, 3.8) is 0 Å². The van der Waals surface area contributed by atoms with Gasteiger partial charge in [-0.25, -0.2) is 0 Å². The molecule has 0 bridgehead atoms. The zero-order valence-corrected chi connectivity index (χ0v) is 12.5. The molecular weight excluding hydrogens is 264 g/mol. The summed E-state index contributed by atoms with van der Waals surface area (Å²) in [6.07, 6.45) is 9.13. The highest BCUT2D eigenvalue weighted by Crippen LogP contribution is 2.06. The van der Waals surface area contributed by atoms with Gasteiger partial charge >= 0.3 is 0 Å². The minimum absolute atomic E-state index is 0.767. The predicted octanol–water partition coefficient (Wildman–Crippen LogP) is 4.87. The van der Waals surface area contributed by atoms with E-state index in [9.17, 15) is 0 Å². The Labute approximate surface area is 109 Å². The molecule has 0 aromatic carbocycles. The van der Waals surface area contributed by atoms with E-state index in [0.717, 1.165) is 37.8 Å². The molecule has 1 nitrogen and oxygen atoms in total. The average molecular weight is 289 g/mol. The number of ether oxygens (including phenoxy) is 1. The van der Waals surface area contributed by atoms with Gasteiger partial charge in [-0.1, -0.05) is 39.2 Å². The van der Waals surface area contributed by atoms with Crippen molar-refractivity contribution in [1.82, 2.24) is 0 Å². The minimum atomic E-state index is 0.767. The first-order valence-corrected chi connectivity index (χ1v) is 7.21. The van der Waals surface area contributed by atoms with Crippen LogP contribution >= 0.6 is 15.9 Å². The van der Waals surface area contributed by atoms with Gasteiger partial charge in [0.15, 0.2) is 0 Å². The van der Waals surface area contributed by atoms with E-state index in [4.69, 9.17) is 4.74 Å². The van der Waals surface area contributed by atoms with Gasteiger partial charge in [0, 0.05) is 11.9 Å². The number of halogens is 1. The van der Waals surface area contributed by atoms with Crippen LogP contribution < -0.4 is 0 Å². The van der Waals surface area contributed by atoms with Crippen LogP contribution in [-0.4, -0.2) is 18.5 Å². The summed E-state index contributed by atoms with van der Waals surface area (Å²) < 4.78 is 5.52. The molecule has 0 unspecified atom stereocenters. The molecule has 0 radical (unpaired) electrons. The molecule has 0 spiro atoms. The molecule has 0 aromatic rings. The van der Waals surface area contributed by atoms with Crippen molar-refractivity contribution in [3.8, 4) is 0 Å². The second-order valence-electron chi connectivity index (χ2n) is 4.34. The Hall–Kier alpha value is -0.0800. The van der Waals surface area contributed by atoms with Gasteiger partial charge in [0.25, 0.3) is 0 Å². The zero-order valence-electron chi connectivity index (χ0n) is 10.9. The van der Waals surface area contributed by atoms with Gasteiger partial charge in [0.2, 0.25) is 0 Å². The number of alkyl halides is 1. The van der Waals surface area contributed by atoms with Crippen molar-refractivity contribution in [2.75, 3.05) is 18.5 Å². The lowest BCUT2D eigenvalue weighted by atomic mass is 10.1. The van der Waals surface area contributed by atoms with Crippen LogP contribution in [0.2, 0.25) is 0 Å². The Morgan fingerprint density at radius 3 is 2.50 bits per heavy atom. The summed E-state index contributed by atoms with van der Waals surface area (Å²) in [4.78, 5) is 0. The average Bonchev–Trinajstić information content (AvgIpc) is 2.22. The van der Waals surface area contributed by atoms with E-state index in [2.05, 4.69) is 48.9 Å². The Kier molecular flexibility index (Phi) is 11.3. The lowest BCUT2D eigenvalue weighted by Gasteiger charge is -2.02. The van der Waals surface area contributed by atoms with Crippen LogP contribution in [-0.2, 0) is 4.74 Å². The van der Waals surface area contributed by atoms with Gasteiger partial charge in [0.1, 0.15) is 0 Å². The van der Waals surface area contributed by atoms with Gasteiger partial charge in [0.05, 0.1) is 6.61 Å². The van der Waals surface area contributed by atoms with Crippen molar-refractivity contribution in [2.24, 2.45) is 0 Å². The Balaban J connectivity index is 3.44. The molecule has 16 heavy (non-hydrogen) atoms. The molecule has 0 aliphatic rings. The third kappa shape index (κ3) is 12.0. The number of rotatable bonds is 9. The van der Waals surface area contributed by atoms with Crippen molar-refractivity contribution < 1.29 is 4.74 Å². The molecule has 0 rings (SSSR count). The molecule has 0 saturated carbocycles. The molecule has 0 aliphatic carbocycles. The van der Waals surface area contributed by atoms with Crippen molar-refractivity contribution in [3.05, 3.63) is 23.3 Å². The molecule has 0 atom stereocenters. The van der Waals surface area contributed by atoms with E-state index < -0.39 is 0 Å². The van der Waals surface area contributed by atoms with Crippen LogP contribution in [0.3, 0.4) is 0 Å². The zero-order chi connectivity index (χ0) is 12.2. The molecule has 2 heteroatoms. The minimum Gasteiger partial charge on any atom is -0.377 e. The normalized spacial score (nSPS) is 11.6. The number of unbranched alkanes of at least 4 members (excludes halogenated alkanes) is 1. The Morgan fingerprint density at radius 1 is 1.12 bits per heavy atom. The summed E-state index contributed by atoms with van der Waals surface area (Å²) in [5.41, 5.74) is 2.83. The smallest absolute Gasteiger partial charge is 0.0649 e. The van der Waals surface area contributed by atoms with Crippen molar-refractivity contribution in [1.29, 1.82) is 0 Å². The fourth-order valence-electron chi connectivity index (χ4n) is 1.27. The van der Waals surface area contributed by atoms with E-state index in [1.54, 1.807) is 0 Å². The summed E-state index contributed by atoms with van der Waals surface area (Å²) >= 11 is 3.41. The quantitative estimate of drug-likeness (QED) is 0.334. The number of hydrogen-bond donors (Lipinski definition) is 0. The second-order valence-corrected chi connectivity index (χ2v) is 5.13. The largest absolute Gasteiger partial charge is 0.377 e. The van der Waals surface area contributed by atoms with Crippen LogP contribution in [0.15, 0.2) is 23.3 Å². The maximum atomic E-state index is 5.52. The standard InChI is InChI=1S/C14H25BrO/c1-13(2)7-6-8-14(3)9-12-16-11-5-4-10-15/h7,9H,4-6,8,10-12H2,1-3H3/b14-9+. The van der Waals surface area contributed by atoms with Gasteiger partial charge in [-0.3, -0.25) is 0 Å². The van der Waals surface area contributed by atoms with Crippen molar-refractivity contribution in [2.45, 2.75) is 46.5 Å². The second kappa shape index (κ2) is 11.4. The van der Waals surface area contributed by atoms with Gasteiger partial charge < -0.3 is 4.74 Å². The summed E-state index contributed by atoms with van der Waals surface area (Å²) in [6.45, 7) is 8.12. The molecule has 0 heterocycles. The van der Waals surface area contributed by atoms with Gasteiger partial charge in [-0.05, 0) is 46.5 Å². The topological polar surface area (TPSA) is 9.23 Å². The lowest BCUT2D eigenvalue weighted by Crippen LogP contribution is -1.95. The molecular formula is C14H25BrO. The first-order chi connectivity index (χ1) is 7.66. The summed E-state index contributed by atoms with van der Waals surface area (Å²) in [5.74, 6) is 0. The van der Waals surface area contributed by atoms with Crippen molar-refractivity contribution >= 4 is 15.9 Å². The molecule has 0 fully saturated rings. The number of hydrogen-bond acceptors (Lipinski definition) is 1. The maximum absolute atomic E-state index is 5.52. The number of allylic oxidation sites excluding steroid dienone is 3. The third-order valence-electron chi connectivity index (χ3n) is 2.31. The highest BCUT2D eigenvalue weighted by molar-refractivity contribution is 9.09. The first kappa shape index (κ1) is 15.9. The summed E-state index contributed by atoms with van der Waals surface area (Å²) in [6, 6.07) is 0. The molecule has 0 aromatic heterocycles. The fraction of sp³-hybridized carbons (Fsp3) is 0.714. The van der Waals surface area contributed by atoms with Crippen LogP contribution in [0.4, 0.5) is 0 Å². The molecule has 0 N–H and O–H groups in total. The van der Waals surface area contributed by atoms with Crippen LogP contribution in [0.25, 0.3) is 0 Å². The predicted molar refractivity (Wildman–Crippen MR) is 76.3 cm³/mol. The Morgan fingerprint density at radius 2 is 1.88 bits per heavy atom. The van der Waals surface area contributed by atoms with Gasteiger partial charge in [-0.15, -0.1) is 0 Å². The van der Waals surface area contributed by atoms with E-state index in [1.165, 1.54) is 17.6 Å².